The minimum atomic E-state index is -3.72. The van der Waals surface area contributed by atoms with Crippen LogP contribution in [0.2, 0.25) is 0 Å². The van der Waals surface area contributed by atoms with E-state index in [4.69, 9.17) is 5.14 Å². The van der Waals surface area contributed by atoms with Gasteiger partial charge in [-0.3, -0.25) is 4.68 Å². The van der Waals surface area contributed by atoms with Gasteiger partial charge in [0.2, 0.25) is 16.0 Å². The molecule has 0 fully saturated rings. The summed E-state index contributed by atoms with van der Waals surface area (Å²) in [5.41, 5.74) is 3.53. The molecule has 4 aromatic rings. The molecule has 0 saturated heterocycles. The summed E-state index contributed by atoms with van der Waals surface area (Å²) >= 11 is 0. The maximum atomic E-state index is 11.4. The van der Waals surface area contributed by atoms with Crippen molar-refractivity contribution >= 4 is 32.6 Å². The third-order valence-corrected chi connectivity index (χ3v) is 5.85. The molecule has 8 nitrogen and oxygen atoms in total. The van der Waals surface area contributed by atoms with Crippen molar-refractivity contribution in [1.29, 1.82) is 0 Å². The van der Waals surface area contributed by atoms with Gasteiger partial charge < -0.3 is 5.32 Å². The number of hydrogen-bond acceptors (Lipinski definition) is 6. The molecule has 0 aliphatic rings. The van der Waals surface area contributed by atoms with E-state index in [9.17, 15) is 8.42 Å². The van der Waals surface area contributed by atoms with E-state index in [2.05, 4.69) is 40.4 Å². The molecule has 0 radical (unpaired) electrons. The van der Waals surface area contributed by atoms with Crippen LogP contribution in [0.15, 0.2) is 66.0 Å². The van der Waals surface area contributed by atoms with E-state index >= 15 is 0 Å². The van der Waals surface area contributed by atoms with E-state index in [1.54, 1.807) is 18.3 Å². The number of benzene rings is 2. The molecular weight excluding hydrogens is 412 g/mol. The summed E-state index contributed by atoms with van der Waals surface area (Å²) in [6.45, 7) is 5.30. The second-order valence-corrected chi connectivity index (χ2v) is 9.40. The Balaban J connectivity index is 1.56. The molecule has 160 valence electrons. The standard InChI is InChI=1S/C22H24N6O2S/c1-15(2)9-10-28-14-18(13-25-28)16-3-4-17-12-24-22(27-21(17)11-16)26-19-5-7-20(8-6-19)31(23,29)30/h3-8,11-15H,9-10H2,1-2H3,(H2,23,29,30)(H,24,26,27). The first-order valence-electron chi connectivity index (χ1n) is 9.97. The smallest absolute Gasteiger partial charge is 0.238 e. The first-order valence-corrected chi connectivity index (χ1v) is 11.5. The molecule has 0 bridgehead atoms. The zero-order chi connectivity index (χ0) is 22.0. The van der Waals surface area contributed by atoms with Gasteiger partial charge in [-0.25, -0.2) is 23.5 Å². The van der Waals surface area contributed by atoms with Gasteiger partial charge in [-0.1, -0.05) is 26.0 Å². The number of primary sulfonamides is 1. The van der Waals surface area contributed by atoms with Crippen molar-refractivity contribution in [2.75, 3.05) is 5.32 Å². The second kappa shape index (κ2) is 8.44. The lowest BCUT2D eigenvalue weighted by Crippen LogP contribution is -2.11. The number of anilines is 2. The number of nitrogens with one attached hydrogen (secondary N) is 1. The second-order valence-electron chi connectivity index (χ2n) is 7.84. The van der Waals surface area contributed by atoms with Crippen molar-refractivity contribution in [1.82, 2.24) is 19.7 Å². The number of fused-ring (bicyclic) bond motifs is 1. The summed E-state index contributed by atoms with van der Waals surface area (Å²) in [5.74, 6) is 1.05. The highest BCUT2D eigenvalue weighted by Crippen LogP contribution is 2.24. The molecule has 0 unspecified atom stereocenters. The summed E-state index contributed by atoms with van der Waals surface area (Å²) < 4.78 is 24.8. The third kappa shape index (κ3) is 5.07. The largest absolute Gasteiger partial charge is 0.324 e. The zero-order valence-corrected chi connectivity index (χ0v) is 18.2. The lowest BCUT2D eigenvalue weighted by atomic mass is 10.1. The Bertz CT molecular complexity index is 1310. The number of aromatic nitrogens is 4. The molecule has 3 N–H and O–H groups in total. The summed E-state index contributed by atoms with van der Waals surface area (Å²) in [5, 5.41) is 13.6. The topological polar surface area (TPSA) is 116 Å². The third-order valence-electron chi connectivity index (χ3n) is 4.92. The van der Waals surface area contributed by atoms with Gasteiger partial charge in [0.15, 0.2) is 0 Å². The van der Waals surface area contributed by atoms with Gasteiger partial charge >= 0.3 is 0 Å². The summed E-state index contributed by atoms with van der Waals surface area (Å²) in [6.07, 6.45) is 6.75. The van der Waals surface area contributed by atoms with Crippen molar-refractivity contribution in [2.45, 2.75) is 31.7 Å². The Morgan fingerprint density at radius 3 is 2.55 bits per heavy atom. The molecule has 0 aliphatic carbocycles. The van der Waals surface area contributed by atoms with Crippen molar-refractivity contribution in [2.24, 2.45) is 11.1 Å². The molecule has 9 heteroatoms. The van der Waals surface area contributed by atoms with Crippen LogP contribution in [-0.4, -0.2) is 28.2 Å². The molecule has 0 aliphatic heterocycles. The molecule has 0 amide bonds. The highest BCUT2D eigenvalue weighted by molar-refractivity contribution is 7.89. The Labute approximate surface area is 181 Å². The van der Waals surface area contributed by atoms with Crippen molar-refractivity contribution in [3.63, 3.8) is 0 Å². The molecule has 2 aromatic carbocycles. The first-order chi connectivity index (χ1) is 14.8. The predicted octanol–water partition coefficient (Wildman–Crippen LogP) is 3.93. The molecule has 2 heterocycles. The number of aryl methyl sites for hydroxylation is 1. The number of hydrogen-bond donors (Lipinski definition) is 2. The molecule has 0 spiro atoms. The van der Waals surface area contributed by atoms with E-state index in [1.807, 2.05) is 29.1 Å². The quantitative estimate of drug-likeness (QED) is 0.453. The van der Waals surface area contributed by atoms with Gasteiger partial charge in [0.25, 0.3) is 0 Å². The minimum Gasteiger partial charge on any atom is -0.324 e. The first kappa shape index (κ1) is 21.0. The van der Waals surface area contributed by atoms with Crippen LogP contribution in [0.1, 0.15) is 20.3 Å². The van der Waals surface area contributed by atoms with Crippen LogP contribution in [0.5, 0.6) is 0 Å². The SMILES string of the molecule is CC(C)CCn1cc(-c2ccc3cnc(Nc4ccc(S(N)(=O)=O)cc4)nc3c2)cn1. The van der Waals surface area contributed by atoms with Gasteiger partial charge in [-0.05, 0) is 48.2 Å². The Kier molecular flexibility index (Phi) is 5.71. The fourth-order valence-electron chi connectivity index (χ4n) is 3.15. The van der Waals surface area contributed by atoms with E-state index in [0.717, 1.165) is 35.0 Å². The normalized spacial score (nSPS) is 11.9. The summed E-state index contributed by atoms with van der Waals surface area (Å²) in [7, 11) is -3.72. The number of rotatable bonds is 7. The van der Waals surface area contributed by atoms with Crippen LogP contribution < -0.4 is 10.5 Å². The molecular formula is C22H24N6O2S. The van der Waals surface area contributed by atoms with Crippen LogP contribution in [0.25, 0.3) is 22.0 Å². The van der Waals surface area contributed by atoms with Gasteiger partial charge in [0, 0.05) is 35.6 Å². The molecule has 2 aromatic heterocycles. The predicted molar refractivity (Wildman–Crippen MR) is 121 cm³/mol. The van der Waals surface area contributed by atoms with Crippen molar-refractivity contribution in [3.05, 3.63) is 61.1 Å². The fraction of sp³-hybridized carbons (Fsp3) is 0.227. The number of sulfonamides is 1. The maximum absolute atomic E-state index is 11.4. The van der Waals surface area contributed by atoms with Crippen molar-refractivity contribution < 1.29 is 8.42 Å². The molecule has 0 saturated carbocycles. The lowest BCUT2D eigenvalue weighted by molar-refractivity contribution is 0.487. The fourth-order valence-corrected chi connectivity index (χ4v) is 3.66. The van der Waals surface area contributed by atoms with E-state index in [0.29, 0.717) is 17.6 Å². The lowest BCUT2D eigenvalue weighted by Gasteiger charge is -2.07. The van der Waals surface area contributed by atoms with E-state index in [-0.39, 0.29) is 4.90 Å². The monoisotopic (exact) mass is 436 g/mol. The molecule has 0 atom stereocenters. The van der Waals surface area contributed by atoms with E-state index < -0.39 is 10.0 Å². The van der Waals surface area contributed by atoms with Gasteiger partial charge in [0.05, 0.1) is 16.6 Å². The van der Waals surface area contributed by atoms with Crippen LogP contribution in [-0.2, 0) is 16.6 Å². The highest BCUT2D eigenvalue weighted by Gasteiger charge is 2.09. The van der Waals surface area contributed by atoms with Crippen LogP contribution >= 0.6 is 0 Å². The average molecular weight is 437 g/mol. The van der Waals surface area contributed by atoms with Crippen molar-refractivity contribution in [3.8, 4) is 11.1 Å². The molecule has 4 rings (SSSR count). The maximum Gasteiger partial charge on any atom is 0.238 e. The Morgan fingerprint density at radius 1 is 1.06 bits per heavy atom. The van der Waals surface area contributed by atoms with Crippen LogP contribution in [0.4, 0.5) is 11.6 Å². The zero-order valence-electron chi connectivity index (χ0n) is 17.4. The Morgan fingerprint density at radius 2 is 1.84 bits per heavy atom. The minimum absolute atomic E-state index is 0.0519. The van der Waals surface area contributed by atoms with E-state index in [1.165, 1.54) is 12.1 Å². The summed E-state index contributed by atoms with van der Waals surface area (Å²) in [6, 6.07) is 12.2. The van der Waals surface area contributed by atoms with Gasteiger partial charge in [-0.2, -0.15) is 5.10 Å². The highest BCUT2D eigenvalue weighted by atomic mass is 32.2. The van der Waals surface area contributed by atoms with Crippen LogP contribution in [0, 0.1) is 5.92 Å². The summed E-state index contributed by atoms with van der Waals surface area (Å²) in [4.78, 5) is 8.99. The average Bonchev–Trinajstić information content (AvgIpc) is 3.21. The van der Waals surface area contributed by atoms with Gasteiger partial charge in [-0.15, -0.1) is 0 Å². The number of nitrogens with two attached hydrogens (primary N) is 1. The molecule has 31 heavy (non-hydrogen) atoms. The van der Waals surface area contributed by atoms with Gasteiger partial charge in [0.1, 0.15) is 0 Å². The van der Waals surface area contributed by atoms with Crippen LogP contribution in [0.3, 0.4) is 0 Å². The number of nitrogens with zero attached hydrogens (tertiary/aromatic N) is 4. The Hall–Kier alpha value is -3.30.